The Hall–Kier alpha value is -0.530. The lowest BCUT2D eigenvalue weighted by Gasteiger charge is -2.27. The van der Waals surface area contributed by atoms with Crippen LogP contribution in [0.25, 0.3) is 0 Å². The Balaban J connectivity index is 3.83. The van der Waals surface area contributed by atoms with Gasteiger partial charge in [-0.1, -0.05) is 168 Å². The van der Waals surface area contributed by atoms with Crippen molar-refractivity contribution in [3.8, 4) is 0 Å². The first-order valence-corrected chi connectivity index (χ1v) is 16.3. The smallest absolute Gasteiger partial charge is 0.311 e. The van der Waals surface area contributed by atoms with Crippen molar-refractivity contribution in [2.24, 2.45) is 5.41 Å². The van der Waals surface area contributed by atoms with Gasteiger partial charge in [-0.05, 0) is 26.2 Å². The SMILES string of the molecule is CCCCCCCCCCCCCCOC(=O)C(C)(CCCC)CCCCCCCCCCCC. The van der Waals surface area contributed by atoms with Gasteiger partial charge in [0.2, 0.25) is 0 Å². The van der Waals surface area contributed by atoms with E-state index in [9.17, 15) is 4.79 Å². The van der Waals surface area contributed by atoms with E-state index in [1.165, 1.54) is 135 Å². The summed E-state index contributed by atoms with van der Waals surface area (Å²) in [7, 11) is 0. The fraction of sp³-hybridized carbons (Fsp3) is 0.970. The lowest BCUT2D eigenvalue weighted by Crippen LogP contribution is -2.30. The summed E-state index contributed by atoms with van der Waals surface area (Å²) in [4.78, 5) is 12.9. The maximum absolute atomic E-state index is 12.9. The van der Waals surface area contributed by atoms with Crippen LogP contribution in [0, 0.1) is 5.41 Å². The van der Waals surface area contributed by atoms with Gasteiger partial charge in [0.1, 0.15) is 0 Å². The lowest BCUT2D eigenvalue weighted by atomic mass is 9.80. The molecule has 0 rings (SSSR count). The molecule has 0 heterocycles. The van der Waals surface area contributed by atoms with Gasteiger partial charge >= 0.3 is 5.97 Å². The molecule has 0 aromatic rings. The van der Waals surface area contributed by atoms with Crippen LogP contribution >= 0.6 is 0 Å². The van der Waals surface area contributed by atoms with Gasteiger partial charge in [-0.3, -0.25) is 4.79 Å². The molecule has 0 aliphatic rings. The Labute approximate surface area is 222 Å². The van der Waals surface area contributed by atoms with Crippen molar-refractivity contribution in [2.45, 2.75) is 195 Å². The zero-order chi connectivity index (χ0) is 25.9. The highest BCUT2D eigenvalue weighted by Crippen LogP contribution is 2.33. The van der Waals surface area contributed by atoms with Crippen molar-refractivity contribution in [1.82, 2.24) is 0 Å². The van der Waals surface area contributed by atoms with Crippen molar-refractivity contribution < 1.29 is 9.53 Å². The summed E-state index contributed by atoms with van der Waals surface area (Å²) in [5, 5.41) is 0. The number of unbranched alkanes of at least 4 members (excludes halogenated alkanes) is 21. The second-order valence-corrected chi connectivity index (χ2v) is 11.6. The highest BCUT2D eigenvalue weighted by atomic mass is 16.5. The Morgan fingerprint density at radius 2 is 0.771 bits per heavy atom. The van der Waals surface area contributed by atoms with Crippen LogP contribution in [0.3, 0.4) is 0 Å². The predicted molar refractivity (Wildman–Crippen MR) is 156 cm³/mol. The molecule has 0 aliphatic carbocycles. The second kappa shape index (κ2) is 26.5. The van der Waals surface area contributed by atoms with Gasteiger partial charge in [-0.25, -0.2) is 0 Å². The van der Waals surface area contributed by atoms with Crippen molar-refractivity contribution in [1.29, 1.82) is 0 Å². The zero-order valence-corrected chi connectivity index (χ0v) is 24.9. The molecule has 0 bridgehead atoms. The molecule has 0 aromatic carbocycles. The summed E-state index contributed by atoms with van der Waals surface area (Å²) in [5.74, 6) is 0.0740. The van der Waals surface area contributed by atoms with Crippen molar-refractivity contribution >= 4 is 5.97 Å². The van der Waals surface area contributed by atoms with Crippen LogP contribution in [0.15, 0.2) is 0 Å². The van der Waals surface area contributed by atoms with E-state index < -0.39 is 0 Å². The third-order valence-corrected chi connectivity index (χ3v) is 7.89. The molecule has 0 amide bonds. The predicted octanol–water partition coefficient (Wildman–Crippen LogP) is 11.7. The highest BCUT2D eigenvalue weighted by molar-refractivity contribution is 5.76. The molecule has 0 saturated carbocycles. The van der Waals surface area contributed by atoms with Gasteiger partial charge in [0.15, 0.2) is 0 Å². The van der Waals surface area contributed by atoms with Crippen molar-refractivity contribution in [3.63, 3.8) is 0 Å². The Morgan fingerprint density at radius 1 is 0.457 bits per heavy atom. The van der Waals surface area contributed by atoms with Gasteiger partial charge in [0.25, 0.3) is 0 Å². The van der Waals surface area contributed by atoms with E-state index in [0.29, 0.717) is 6.61 Å². The zero-order valence-electron chi connectivity index (χ0n) is 24.9. The summed E-state index contributed by atoms with van der Waals surface area (Å²) in [6.45, 7) is 9.57. The van der Waals surface area contributed by atoms with Crippen LogP contribution in [0.5, 0.6) is 0 Å². The quantitative estimate of drug-likeness (QED) is 0.0798. The third-order valence-electron chi connectivity index (χ3n) is 7.89. The molecule has 35 heavy (non-hydrogen) atoms. The number of hydrogen-bond donors (Lipinski definition) is 0. The number of carbonyl (C=O) groups is 1. The minimum Gasteiger partial charge on any atom is -0.465 e. The van der Waals surface area contributed by atoms with E-state index in [4.69, 9.17) is 4.74 Å². The highest BCUT2D eigenvalue weighted by Gasteiger charge is 2.33. The molecule has 1 unspecified atom stereocenters. The average molecular weight is 495 g/mol. The number of hydrogen-bond acceptors (Lipinski definition) is 2. The number of ether oxygens (including phenoxy) is 1. The second-order valence-electron chi connectivity index (χ2n) is 11.6. The molecule has 0 aromatic heterocycles. The summed E-state index contributed by atoms with van der Waals surface area (Å²) >= 11 is 0. The van der Waals surface area contributed by atoms with Crippen molar-refractivity contribution in [3.05, 3.63) is 0 Å². The molecule has 2 nitrogen and oxygen atoms in total. The van der Waals surface area contributed by atoms with Crippen molar-refractivity contribution in [2.75, 3.05) is 6.61 Å². The van der Waals surface area contributed by atoms with Crippen LogP contribution in [-0.2, 0) is 9.53 Å². The number of esters is 1. The van der Waals surface area contributed by atoms with Gasteiger partial charge in [0.05, 0.1) is 12.0 Å². The molecule has 2 heteroatoms. The van der Waals surface area contributed by atoms with Gasteiger partial charge in [0, 0.05) is 0 Å². The third kappa shape index (κ3) is 22.4. The molecule has 0 fully saturated rings. The van der Waals surface area contributed by atoms with E-state index in [0.717, 1.165) is 32.1 Å². The van der Waals surface area contributed by atoms with Crippen LogP contribution < -0.4 is 0 Å². The van der Waals surface area contributed by atoms with Gasteiger partial charge in [-0.2, -0.15) is 0 Å². The molecular formula is C33H66O2. The maximum atomic E-state index is 12.9. The summed E-state index contributed by atoms with van der Waals surface area (Å²) in [6, 6.07) is 0. The Bertz CT molecular complexity index is 433. The summed E-state index contributed by atoms with van der Waals surface area (Å²) in [6.07, 6.45) is 33.8. The first-order chi connectivity index (χ1) is 17.1. The lowest BCUT2D eigenvalue weighted by molar-refractivity contribution is -0.156. The fourth-order valence-electron chi connectivity index (χ4n) is 5.18. The van der Waals surface area contributed by atoms with Crippen LogP contribution in [-0.4, -0.2) is 12.6 Å². The standard InChI is InChI=1S/C33H66O2/c1-5-8-11-13-15-17-19-20-22-24-26-28-31-35-32(34)33(4,29-10-7-3)30-27-25-23-21-18-16-14-12-9-6-2/h5-31H2,1-4H3. The molecule has 0 saturated heterocycles. The summed E-state index contributed by atoms with van der Waals surface area (Å²) < 4.78 is 5.80. The molecule has 0 spiro atoms. The van der Waals surface area contributed by atoms with E-state index >= 15 is 0 Å². The maximum Gasteiger partial charge on any atom is 0.311 e. The van der Waals surface area contributed by atoms with Gasteiger partial charge < -0.3 is 4.74 Å². The topological polar surface area (TPSA) is 26.3 Å². The molecule has 1 atom stereocenters. The minimum atomic E-state index is -0.271. The first kappa shape index (κ1) is 34.5. The van der Waals surface area contributed by atoms with E-state index in [1.807, 2.05) is 0 Å². The number of rotatable bonds is 28. The Morgan fingerprint density at radius 3 is 1.17 bits per heavy atom. The van der Waals surface area contributed by atoms with Gasteiger partial charge in [-0.15, -0.1) is 0 Å². The molecule has 210 valence electrons. The van der Waals surface area contributed by atoms with E-state index in [-0.39, 0.29) is 11.4 Å². The molecule has 0 aliphatic heterocycles. The van der Waals surface area contributed by atoms with Crippen LogP contribution in [0.1, 0.15) is 195 Å². The van der Waals surface area contributed by atoms with Crippen LogP contribution in [0.4, 0.5) is 0 Å². The molecular weight excluding hydrogens is 428 g/mol. The normalized spacial score (nSPS) is 13.1. The van der Waals surface area contributed by atoms with E-state index in [2.05, 4.69) is 27.7 Å². The fourth-order valence-corrected chi connectivity index (χ4v) is 5.18. The molecule has 0 radical (unpaired) electrons. The Kier molecular flexibility index (Phi) is 26.1. The average Bonchev–Trinajstić information content (AvgIpc) is 2.86. The van der Waals surface area contributed by atoms with Crippen LogP contribution in [0.2, 0.25) is 0 Å². The molecule has 0 N–H and O–H groups in total. The summed E-state index contributed by atoms with van der Waals surface area (Å²) in [5.41, 5.74) is -0.271. The number of carbonyl (C=O) groups excluding carboxylic acids is 1. The minimum absolute atomic E-state index is 0.0740. The monoisotopic (exact) mass is 495 g/mol. The van der Waals surface area contributed by atoms with E-state index in [1.54, 1.807) is 0 Å². The first-order valence-electron chi connectivity index (χ1n) is 16.3. The largest absolute Gasteiger partial charge is 0.465 e.